The fourth-order valence-corrected chi connectivity index (χ4v) is 3.77. The summed E-state index contributed by atoms with van der Waals surface area (Å²) in [5, 5.41) is 1.11. The number of methoxy groups -OCH3 is 2. The molecule has 0 aliphatic carbocycles. The number of ether oxygens (including phenoxy) is 2. The molecule has 5 aromatic rings. The van der Waals surface area contributed by atoms with Crippen LogP contribution in [0.5, 0.6) is 11.5 Å². The topological polar surface area (TPSA) is 49.2 Å². The molecule has 0 N–H and O–H groups in total. The molecule has 0 atom stereocenters. The van der Waals surface area contributed by atoms with Gasteiger partial charge in [0.2, 0.25) is 0 Å². The molecule has 0 spiro atoms. The van der Waals surface area contributed by atoms with Gasteiger partial charge in [-0.2, -0.15) is 0 Å². The first kappa shape index (κ1) is 17.3. The van der Waals surface area contributed by atoms with Crippen molar-refractivity contribution in [3.63, 3.8) is 0 Å². The van der Waals surface area contributed by atoms with E-state index in [0.717, 1.165) is 50.4 Å². The number of pyridine rings is 2. The van der Waals surface area contributed by atoms with E-state index in [9.17, 15) is 0 Å². The number of fused-ring (bicyclic) bond motifs is 3. The van der Waals surface area contributed by atoms with E-state index in [1.54, 1.807) is 20.4 Å². The molecule has 0 aliphatic heterocycles. The summed E-state index contributed by atoms with van der Waals surface area (Å²) in [4.78, 5) is 9.23. The number of rotatable bonds is 4. The van der Waals surface area contributed by atoms with Crippen LogP contribution in [0, 0.1) is 0 Å². The Bertz CT molecular complexity index is 1290. The monoisotopic (exact) mass is 381 g/mol. The first-order chi connectivity index (χ1) is 14.3. The molecule has 0 aliphatic rings. The van der Waals surface area contributed by atoms with Crippen molar-refractivity contribution < 1.29 is 9.47 Å². The summed E-state index contributed by atoms with van der Waals surface area (Å²) in [6, 6.07) is 22.2. The second-order valence-electron chi connectivity index (χ2n) is 6.69. The Morgan fingerprint density at radius 1 is 0.724 bits per heavy atom. The number of hydrogen-bond donors (Lipinski definition) is 0. The fraction of sp³-hybridized carbons (Fsp3) is 0.0833. The molecule has 0 saturated carbocycles. The van der Waals surface area contributed by atoms with E-state index in [2.05, 4.69) is 32.7 Å². The maximum atomic E-state index is 5.54. The lowest BCUT2D eigenvalue weighted by Crippen LogP contribution is -1.99. The van der Waals surface area contributed by atoms with Gasteiger partial charge in [-0.1, -0.05) is 18.2 Å². The first-order valence-electron chi connectivity index (χ1n) is 9.33. The van der Waals surface area contributed by atoms with Gasteiger partial charge in [-0.3, -0.25) is 9.97 Å². The number of benzene rings is 2. The SMILES string of the molecule is COc1ccnc(-c2ccc(OC)cc2-n2c3ccccc3c3ncccc32)c1. The predicted molar refractivity (Wildman–Crippen MR) is 115 cm³/mol. The van der Waals surface area contributed by atoms with E-state index in [0.29, 0.717) is 0 Å². The molecule has 142 valence electrons. The van der Waals surface area contributed by atoms with Crippen molar-refractivity contribution in [1.29, 1.82) is 0 Å². The van der Waals surface area contributed by atoms with Gasteiger partial charge in [0.05, 0.1) is 42.2 Å². The Kier molecular flexibility index (Phi) is 4.13. The zero-order valence-corrected chi connectivity index (χ0v) is 16.2. The van der Waals surface area contributed by atoms with Crippen LogP contribution in [0.15, 0.2) is 79.1 Å². The van der Waals surface area contributed by atoms with E-state index in [-0.39, 0.29) is 0 Å². The number of aromatic nitrogens is 3. The maximum Gasteiger partial charge on any atom is 0.122 e. The van der Waals surface area contributed by atoms with Gasteiger partial charge in [0, 0.05) is 35.5 Å². The van der Waals surface area contributed by atoms with Crippen LogP contribution in [0.25, 0.3) is 38.9 Å². The summed E-state index contributed by atoms with van der Waals surface area (Å²) >= 11 is 0. The van der Waals surface area contributed by atoms with Crippen LogP contribution >= 0.6 is 0 Å². The average Bonchev–Trinajstić information content (AvgIpc) is 3.13. The smallest absolute Gasteiger partial charge is 0.122 e. The van der Waals surface area contributed by atoms with E-state index < -0.39 is 0 Å². The third-order valence-corrected chi connectivity index (χ3v) is 5.12. The molecule has 3 heterocycles. The average molecular weight is 381 g/mol. The van der Waals surface area contributed by atoms with Crippen molar-refractivity contribution in [2.75, 3.05) is 14.2 Å². The Balaban J connectivity index is 1.88. The minimum Gasteiger partial charge on any atom is -0.497 e. The molecule has 0 saturated heterocycles. The molecule has 0 unspecified atom stereocenters. The Hall–Kier alpha value is -3.86. The number of nitrogens with zero attached hydrogens (tertiary/aromatic N) is 3. The van der Waals surface area contributed by atoms with Gasteiger partial charge in [0.25, 0.3) is 0 Å². The lowest BCUT2D eigenvalue weighted by Gasteiger charge is -2.15. The van der Waals surface area contributed by atoms with Gasteiger partial charge >= 0.3 is 0 Å². The summed E-state index contributed by atoms with van der Waals surface area (Å²) in [6.07, 6.45) is 3.59. The molecule has 5 nitrogen and oxygen atoms in total. The Morgan fingerprint density at radius 2 is 1.52 bits per heavy atom. The predicted octanol–water partition coefficient (Wildman–Crippen LogP) is 5.26. The second kappa shape index (κ2) is 6.95. The van der Waals surface area contributed by atoms with Crippen molar-refractivity contribution in [1.82, 2.24) is 14.5 Å². The highest BCUT2D eigenvalue weighted by atomic mass is 16.5. The maximum absolute atomic E-state index is 5.54. The first-order valence-corrected chi connectivity index (χ1v) is 9.33. The van der Waals surface area contributed by atoms with Gasteiger partial charge < -0.3 is 14.0 Å². The zero-order valence-electron chi connectivity index (χ0n) is 16.2. The zero-order chi connectivity index (χ0) is 19.8. The summed E-state index contributed by atoms with van der Waals surface area (Å²) in [5.41, 5.74) is 5.87. The summed E-state index contributed by atoms with van der Waals surface area (Å²) in [7, 11) is 3.34. The molecule has 5 rings (SSSR count). The lowest BCUT2D eigenvalue weighted by molar-refractivity contribution is 0.414. The minimum atomic E-state index is 0.764. The molecule has 0 amide bonds. The summed E-state index contributed by atoms with van der Waals surface area (Å²) in [5.74, 6) is 1.54. The molecule has 0 radical (unpaired) electrons. The van der Waals surface area contributed by atoms with Crippen LogP contribution in [0.3, 0.4) is 0 Å². The van der Waals surface area contributed by atoms with E-state index >= 15 is 0 Å². The van der Waals surface area contributed by atoms with Gasteiger partial charge in [0.1, 0.15) is 11.5 Å². The van der Waals surface area contributed by atoms with Crippen LogP contribution in [-0.2, 0) is 0 Å². The van der Waals surface area contributed by atoms with Crippen molar-refractivity contribution in [3.8, 4) is 28.4 Å². The molecular weight excluding hydrogens is 362 g/mol. The molecule has 2 aromatic carbocycles. The Morgan fingerprint density at radius 3 is 2.38 bits per heavy atom. The second-order valence-corrected chi connectivity index (χ2v) is 6.69. The molecule has 3 aromatic heterocycles. The van der Waals surface area contributed by atoms with Crippen LogP contribution in [0.1, 0.15) is 0 Å². The lowest BCUT2D eigenvalue weighted by atomic mass is 10.1. The van der Waals surface area contributed by atoms with E-state index in [1.165, 1.54) is 0 Å². The van der Waals surface area contributed by atoms with Crippen molar-refractivity contribution >= 4 is 21.9 Å². The Labute approximate surface area is 168 Å². The van der Waals surface area contributed by atoms with Crippen LogP contribution < -0.4 is 9.47 Å². The standard InChI is InChI=1S/C24H19N3O2/c1-28-16-9-10-18(20-14-17(29-2)11-13-25-20)23(15-16)27-21-7-4-3-6-19(21)24-22(27)8-5-12-26-24/h3-15H,1-2H3. The highest BCUT2D eigenvalue weighted by molar-refractivity contribution is 6.07. The molecule has 29 heavy (non-hydrogen) atoms. The number of para-hydroxylation sites is 1. The number of hydrogen-bond acceptors (Lipinski definition) is 4. The molecule has 0 bridgehead atoms. The van der Waals surface area contributed by atoms with Crippen LogP contribution in [0.2, 0.25) is 0 Å². The highest BCUT2D eigenvalue weighted by Crippen LogP contribution is 2.36. The molecule has 0 fully saturated rings. The van der Waals surface area contributed by atoms with Crippen molar-refractivity contribution in [2.24, 2.45) is 0 Å². The van der Waals surface area contributed by atoms with Crippen molar-refractivity contribution in [2.45, 2.75) is 0 Å². The summed E-state index contributed by atoms with van der Waals surface area (Å²) < 4.78 is 13.2. The van der Waals surface area contributed by atoms with Gasteiger partial charge in [-0.15, -0.1) is 0 Å². The molecule has 5 heteroatoms. The summed E-state index contributed by atoms with van der Waals surface area (Å²) in [6.45, 7) is 0. The van der Waals surface area contributed by atoms with Crippen LogP contribution in [-0.4, -0.2) is 28.8 Å². The van der Waals surface area contributed by atoms with Gasteiger partial charge in [-0.25, -0.2) is 0 Å². The van der Waals surface area contributed by atoms with Gasteiger partial charge in [-0.05, 0) is 36.4 Å². The largest absolute Gasteiger partial charge is 0.497 e. The fourth-order valence-electron chi connectivity index (χ4n) is 3.77. The van der Waals surface area contributed by atoms with Crippen LogP contribution in [0.4, 0.5) is 0 Å². The third-order valence-electron chi connectivity index (χ3n) is 5.12. The van der Waals surface area contributed by atoms with Crippen molar-refractivity contribution in [3.05, 3.63) is 79.1 Å². The van der Waals surface area contributed by atoms with Gasteiger partial charge in [0.15, 0.2) is 0 Å². The minimum absolute atomic E-state index is 0.764. The highest BCUT2D eigenvalue weighted by Gasteiger charge is 2.17. The van der Waals surface area contributed by atoms with E-state index in [1.807, 2.05) is 54.7 Å². The van der Waals surface area contributed by atoms with E-state index in [4.69, 9.17) is 9.47 Å². The molecular formula is C24H19N3O2. The quantitative estimate of drug-likeness (QED) is 0.426. The third kappa shape index (κ3) is 2.79. The normalized spacial score (nSPS) is 11.1.